The van der Waals surface area contributed by atoms with E-state index >= 15 is 0 Å². The highest BCUT2D eigenvalue weighted by molar-refractivity contribution is 7.99. The van der Waals surface area contributed by atoms with Gasteiger partial charge in [-0.2, -0.15) is 0 Å². The Morgan fingerprint density at radius 3 is 2.69 bits per heavy atom. The number of pyridine rings is 1. The van der Waals surface area contributed by atoms with Gasteiger partial charge in [0.05, 0.1) is 11.2 Å². The van der Waals surface area contributed by atoms with Gasteiger partial charge in [-0.1, -0.05) is 20.8 Å². The van der Waals surface area contributed by atoms with Crippen LogP contribution in [0, 0.1) is 5.41 Å². The summed E-state index contributed by atoms with van der Waals surface area (Å²) in [5.41, 5.74) is 9.33. The maximum absolute atomic E-state index is 6.17. The standard InChI is InChI=1S/C23H30N6O2S/c1-23(2,3)13-25-7-10-29-15-5-6-26-21(24)20(15)27-22(29)32-19-12-18-17(30-14-31-18)11-16(19)28-8-4-9-28/h5-6,11-12,25H,4,7-10,13-14H2,1-3H3,(H2,24,26). The maximum Gasteiger partial charge on any atom is 0.231 e. The molecule has 9 heteroatoms. The predicted octanol–water partition coefficient (Wildman–Crippen LogP) is 3.74. The van der Waals surface area contributed by atoms with Gasteiger partial charge in [0.1, 0.15) is 5.52 Å². The van der Waals surface area contributed by atoms with Gasteiger partial charge in [0.2, 0.25) is 6.79 Å². The van der Waals surface area contributed by atoms with Crippen molar-refractivity contribution < 1.29 is 9.47 Å². The molecule has 0 aliphatic carbocycles. The van der Waals surface area contributed by atoms with Crippen LogP contribution in [0.2, 0.25) is 0 Å². The number of anilines is 2. The van der Waals surface area contributed by atoms with Crippen molar-refractivity contribution in [2.24, 2.45) is 5.41 Å². The number of ether oxygens (including phenoxy) is 2. The van der Waals surface area contributed by atoms with Crippen molar-refractivity contribution in [1.82, 2.24) is 19.9 Å². The van der Waals surface area contributed by atoms with E-state index in [0.29, 0.717) is 5.82 Å². The number of imidazole rings is 1. The zero-order chi connectivity index (χ0) is 22.3. The third-order valence-electron chi connectivity index (χ3n) is 5.68. The fourth-order valence-electron chi connectivity index (χ4n) is 3.90. The molecule has 1 fully saturated rings. The second-order valence-electron chi connectivity index (χ2n) is 9.46. The maximum atomic E-state index is 6.17. The molecule has 0 bridgehead atoms. The van der Waals surface area contributed by atoms with Crippen molar-refractivity contribution in [1.29, 1.82) is 0 Å². The molecule has 1 aromatic carbocycles. The molecule has 5 rings (SSSR count). The Morgan fingerprint density at radius 1 is 1.19 bits per heavy atom. The van der Waals surface area contributed by atoms with E-state index in [2.05, 4.69) is 52.7 Å². The zero-order valence-corrected chi connectivity index (χ0v) is 19.7. The first-order valence-electron chi connectivity index (χ1n) is 11.1. The SMILES string of the molecule is CC(C)(C)CNCCn1c(Sc2cc3c(cc2N2CCC2)OCO3)nc2c(N)nccc21. The second-order valence-corrected chi connectivity index (χ2v) is 10.5. The molecule has 32 heavy (non-hydrogen) atoms. The highest BCUT2D eigenvalue weighted by Crippen LogP contribution is 2.45. The van der Waals surface area contributed by atoms with Crippen LogP contribution < -0.4 is 25.4 Å². The highest BCUT2D eigenvalue weighted by Gasteiger charge is 2.25. The summed E-state index contributed by atoms with van der Waals surface area (Å²) in [5.74, 6) is 2.05. The van der Waals surface area contributed by atoms with Crippen LogP contribution in [-0.4, -0.2) is 47.5 Å². The first kappa shape index (κ1) is 21.2. The summed E-state index contributed by atoms with van der Waals surface area (Å²) in [5, 5.41) is 4.47. The fraction of sp³-hybridized carbons (Fsp3) is 0.478. The van der Waals surface area contributed by atoms with Crippen LogP contribution in [-0.2, 0) is 6.54 Å². The molecular weight excluding hydrogens is 424 g/mol. The van der Waals surface area contributed by atoms with E-state index in [-0.39, 0.29) is 12.2 Å². The summed E-state index contributed by atoms with van der Waals surface area (Å²) < 4.78 is 13.5. The highest BCUT2D eigenvalue weighted by atomic mass is 32.2. The molecular formula is C23H30N6O2S. The number of nitrogens with one attached hydrogen (secondary N) is 1. The third kappa shape index (κ3) is 4.19. The van der Waals surface area contributed by atoms with E-state index in [1.807, 2.05) is 6.07 Å². The minimum atomic E-state index is 0.238. The third-order valence-corrected chi connectivity index (χ3v) is 6.72. The van der Waals surface area contributed by atoms with Gasteiger partial charge in [0, 0.05) is 55.9 Å². The second kappa shape index (κ2) is 8.37. The van der Waals surface area contributed by atoms with Crippen molar-refractivity contribution in [3.05, 3.63) is 24.4 Å². The predicted molar refractivity (Wildman–Crippen MR) is 128 cm³/mol. The lowest BCUT2D eigenvalue weighted by Gasteiger charge is -2.34. The summed E-state index contributed by atoms with van der Waals surface area (Å²) in [6, 6.07) is 6.16. The van der Waals surface area contributed by atoms with Gasteiger partial charge in [-0.05, 0) is 29.7 Å². The van der Waals surface area contributed by atoms with E-state index < -0.39 is 0 Å². The van der Waals surface area contributed by atoms with Gasteiger partial charge < -0.3 is 30.0 Å². The smallest absolute Gasteiger partial charge is 0.231 e. The van der Waals surface area contributed by atoms with Gasteiger partial charge in [-0.3, -0.25) is 0 Å². The average molecular weight is 455 g/mol. The van der Waals surface area contributed by atoms with Crippen LogP contribution in [0.25, 0.3) is 11.0 Å². The molecule has 8 nitrogen and oxygen atoms in total. The number of hydrogen-bond acceptors (Lipinski definition) is 8. The van der Waals surface area contributed by atoms with Crippen LogP contribution in [0.3, 0.4) is 0 Å². The number of nitrogen functional groups attached to an aromatic ring is 1. The zero-order valence-electron chi connectivity index (χ0n) is 18.9. The Morgan fingerprint density at radius 2 is 1.97 bits per heavy atom. The van der Waals surface area contributed by atoms with E-state index in [4.69, 9.17) is 20.2 Å². The molecule has 0 radical (unpaired) electrons. The lowest BCUT2D eigenvalue weighted by Crippen LogP contribution is -2.37. The number of nitrogens with zero attached hydrogens (tertiary/aromatic N) is 4. The van der Waals surface area contributed by atoms with Crippen LogP contribution in [0.1, 0.15) is 27.2 Å². The molecule has 0 spiro atoms. The van der Waals surface area contributed by atoms with Gasteiger partial charge >= 0.3 is 0 Å². The van der Waals surface area contributed by atoms with Crippen molar-refractivity contribution in [3.8, 4) is 11.5 Å². The Kier molecular flexibility index (Phi) is 5.54. The van der Waals surface area contributed by atoms with E-state index in [0.717, 1.165) is 65.3 Å². The topological polar surface area (TPSA) is 90.5 Å². The molecule has 170 valence electrons. The quantitative estimate of drug-likeness (QED) is 0.522. The van der Waals surface area contributed by atoms with Crippen molar-refractivity contribution in [3.63, 3.8) is 0 Å². The minimum Gasteiger partial charge on any atom is -0.454 e. The summed E-state index contributed by atoms with van der Waals surface area (Å²) in [7, 11) is 0. The Labute approximate surface area is 192 Å². The van der Waals surface area contributed by atoms with Crippen molar-refractivity contribution >= 4 is 34.3 Å². The number of benzene rings is 1. The molecule has 0 amide bonds. The average Bonchev–Trinajstić information content (AvgIpc) is 3.28. The Hall–Kier alpha value is -2.65. The number of nitrogens with two attached hydrogens (primary N) is 1. The Balaban J connectivity index is 1.48. The summed E-state index contributed by atoms with van der Waals surface area (Å²) in [6.07, 6.45) is 2.96. The first-order chi connectivity index (χ1) is 15.4. The van der Waals surface area contributed by atoms with Crippen LogP contribution in [0.4, 0.5) is 11.5 Å². The molecule has 4 heterocycles. The molecule has 0 unspecified atom stereocenters. The summed E-state index contributed by atoms with van der Waals surface area (Å²) >= 11 is 1.65. The van der Waals surface area contributed by atoms with Crippen molar-refractivity contribution in [2.45, 2.75) is 43.8 Å². The van der Waals surface area contributed by atoms with Gasteiger partial charge in [-0.25, -0.2) is 9.97 Å². The number of fused-ring (bicyclic) bond motifs is 2. The largest absolute Gasteiger partial charge is 0.454 e. The van der Waals surface area contributed by atoms with Gasteiger partial charge in [0.25, 0.3) is 0 Å². The van der Waals surface area contributed by atoms with Gasteiger partial charge in [-0.15, -0.1) is 0 Å². The lowest BCUT2D eigenvalue weighted by molar-refractivity contribution is 0.174. The normalized spacial score (nSPS) is 15.4. The molecule has 0 atom stereocenters. The molecule has 2 aliphatic heterocycles. The van der Waals surface area contributed by atoms with Crippen molar-refractivity contribution in [2.75, 3.05) is 43.6 Å². The summed E-state index contributed by atoms with van der Waals surface area (Å²) in [6.45, 7) is 11.7. The number of hydrogen-bond donors (Lipinski definition) is 2. The Bertz CT molecular complexity index is 1140. The molecule has 1 saturated heterocycles. The first-order valence-corrected chi connectivity index (χ1v) is 11.9. The number of aromatic nitrogens is 3. The van der Waals surface area contributed by atoms with Crippen LogP contribution in [0.5, 0.6) is 11.5 Å². The van der Waals surface area contributed by atoms with Crippen LogP contribution >= 0.6 is 11.8 Å². The molecule has 2 aliphatic rings. The molecule has 3 N–H and O–H groups in total. The van der Waals surface area contributed by atoms with E-state index in [9.17, 15) is 0 Å². The van der Waals surface area contributed by atoms with E-state index in [1.165, 1.54) is 12.1 Å². The molecule has 3 aromatic rings. The molecule has 0 saturated carbocycles. The molecule has 2 aromatic heterocycles. The van der Waals surface area contributed by atoms with E-state index in [1.54, 1.807) is 18.0 Å². The number of rotatable bonds is 7. The fourth-order valence-corrected chi connectivity index (χ4v) is 4.99. The van der Waals surface area contributed by atoms with Gasteiger partial charge in [0.15, 0.2) is 22.5 Å². The minimum absolute atomic E-state index is 0.238. The summed E-state index contributed by atoms with van der Waals surface area (Å²) in [4.78, 5) is 12.6. The lowest BCUT2D eigenvalue weighted by atomic mass is 9.97. The van der Waals surface area contributed by atoms with Crippen LogP contribution in [0.15, 0.2) is 34.4 Å². The monoisotopic (exact) mass is 454 g/mol.